The topological polar surface area (TPSA) is 28.7 Å². The molecule has 0 saturated heterocycles. The summed E-state index contributed by atoms with van der Waals surface area (Å²) in [5, 5.41) is 10.4. The number of aromatic nitrogens is 1. The Morgan fingerprint density at radius 3 is 2.45 bits per heavy atom. The van der Waals surface area contributed by atoms with Crippen molar-refractivity contribution in [2.75, 3.05) is 0 Å². The molecule has 1 aromatic carbocycles. The minimum absolute atomic E-state index is 0.482. The molecule has 0 amide bonds. The lowest BCUT2D eigenvalue weighted by Crippen LogP contribution is -1.93. The van der Waals surface area contributed by atoms with Gasteiger partial charge in [-0.05, 0) is 43.7 Å². The van der Waals surface area contributed by atoms with Gasteiger partial charge in [0.1, 0.15) is 0 Å². The van der Waals surface area contributed by atoms with Crippen molar-refractivity contribution >= 4 is 34.9 Å². The zero-order valence-corrected chi connectivity index (χ0v) is 13.0. The van der Waals surface area contributed by atoms with E-state index in [0.29, 0.717) is 21.2 Å². The van der Waals surface area contributed by atoms with Crippen LogP contribution in [-0.4, -0.2) is 4.57 Å². The summed E-state index contributed by atoms with van der Waals surface area (Å²) in [7, 11) is 2.00. The van der Waals surface area contributed by atoms with E-state index in [4.69, 9.17) is 23.2 Å². The number of rotatable bonds is 2. The van der Waals surface area contributed by atoms with E-state index in [-0.39, 0.29) is 0 Å². The third kappa shape index (κ3) is 2.75. The van der Waals surface area contributed by atoms with Crippen LogP contribution in [0.2, 0.25) is 10.0 Å². The summed E-state index contributed by atoms with van der Waals surface area (Å²) in [6.45, 7) is 4.06. The summed E-state index contributed by atoms with van der Waals surface area (Å²) in [5.74, 6) is 0. The van der Waals surface area contributed by atoms with Crippen molar-refractivity contribution in [2.45, 2.75) is 13.8 Å². The number of hydrogen-bond donors (Lipinski definition) is 0. The first-order chi connectivity index (χ1) is 9.43. The lowest BCUT2D eigenvalue weighted by atomic mass is 10.0. The smallest absolute Gasteiger partial charge is 0.0998 e. The van der Waals surface area contributed by atoms with Crippen LogP contribution < -0.4 is 0 Å². The van der Waals surface area contributed by atoms with Crippen LogP contribution in [0.3, 0.4) is 0 Å². The molecule has 0 spiro atoms. The average Bonchev–Trinajstić information content (AvgIpc) is 2.64. The molecule has 102 valence electrons. The minimum Gasteiger partial charge on any atom is -0.352 e. The third-order valence-electron chi connectivity index (χ3n) is 3.46. The molecule has 2 nitrogen and oxygen atoms in total. The SMILES string of the molecule is Cc1cc(/C=C(/C#N)c2ccc(Cl)cc2Cl)c(C)n1C. The molecule has 0 N–H and O–H groups in total. The van der Waals surface area contributed by atoms with Gasteiger partial charge in [0.25, 0.3) is 0 Å². The molecule has 1 aromatic heterocycles. The van der Waals surface area contributed by atoms with E-state index in [2.05, 4.69) is 16.7 Å². The summed E-state index contributed by atoms with van der Waals surface area (Å²) in [6, 6.07) is 9.41. The van der Waals surface area contributed by atoms with E-state index >= 15 is 0 Å². The normalized spacial score (nSPS) is 11.5. The van der Waals surface area contributed by atoms with E-state index in [9.17, 15) is 5.26 Å². The van der Waals surface area contributed by atoms with Crippen LogP contribution in [0.4, 0.5) is 0 Å². The van der Waals surface area contributed by atoms with Crippen molar-refractivity contribution in [3.63, 3.8) is 0 Å². The van der Waals surface area contributed by atoms with Crippen LogP contribution in [-0.2, 0) is 7.05 Å². The Morgan fingerprint density at radius 1 is 1.25 bits per heavy atom. The number of nitriles is 1. The standard InChI is InChI=1S/C16H14Cl2N2/c1-10-6-12(11(2)20(10)3)7-13(9-19)15-5-4-14(17)8-16(15)18/h4-8H,1-3H3/b13-7-. The van der Waals surface area contributed by atoms with Gasteiger partial charge in [-0.15, -0.1) is 0 Å². The molecular formula is C16H14Cl2N2. The summed E-state index contributed by atoms with van der Waals surface area (Å²) in [6.07, 6.45) is 1.86. The molecule has 0 aliphatic heterocycles. The Balaban J connectivity index is 2.55. The van der Waals surface area contributed by atoms with Crippen LogP contribution in [0.1, 0.15) is 22.5 Å². The highest BCUT2D eigenvalue weighted by Crippen LogP contribution is 2.29. The number of benzene rings is 1. The number of aryl methyl sites for hydroxylation is 1. The van der Waals surface area contributed by atoms with Gasteiger partial charge in [-0.2, -0.15) is 5.26 Å². The lowest BCUT2D eigenvalue weighted by molar-refractivity contribution is 0.843. The second kappa shape index (κ2) is 5.75. The molecule has 2 aromatic rings. The van der Waals surface area contributed by atoms with E-state index in [1.807, 2.05) is 27.0 Å². The minimum atomic E-state index is 0.482. The van der Waals surface area contributed by atoms with Gasteiger partial charge < -0.3 is 4.57 Å². The molecule has 0 aliphatic rings. The molecule has 0 atom stereocenters. The second-order valence-electron chi connectivity index (χ2n) is 4.68. The molecule has 1 heterocycles. The Bertz CT molecular complexity index is 734. The Kier molecular flexibility index (Phi) is 4.23. The van der Waals surface area contributed by atoms with Gasteiger partial charge in [0.2, 0.25) is 0 Å². The van der Waals surface area contributed by atoms with Gasteiger partial charge >= 0.3 is 0 Å². The first-order valence-electron chi connectivity index (χ1n) is 6.14. The summed E-state index contributed by atoms with van der Waals surface area (Å²) < 4.78 is 2.09. The van der Waals surface area contributed by atoms with Gasteiger partial charge in [0.05, 0.1) is 16.7 Å². The highest BCUT2D eigenvalue weighted by molar-refractivity contribution is 6.36. The third-order valence-corrected chi connectivity index (χ3v) is 4.00. The van der Waals surface area contributed by atoms with Gasteiger partial charge in [0.15, 0.2) is 0 Å². The first kappa shape index (κ1) is 14.7. The monoisotopic (exact) mass is 304 g/mol. The molecule has 0 unspecified atom stereocenters. The molecule has 0 fully saturated rings. The molecule has 0 bridgehead atoms. The highest BCUT2D eigenvalue weighted by Gasteiger charge is 2.10. The highest BCUT2D eigenvalue weighted by atomic mass is 35.5. The van der Waals surface area contributed by atoms with Crippen LogP contribution in [0.5, 0.6) is 0 Å². The van der Waals surface area contributed by atoms with E-state index in [0.717, 1.165) is 17.0 Å². The first-order valence-corrected chi connectivity index (χ1v) is 6.89. The molecule has 0 radical (unpaired) electrons. The largest absolute Gasteiger partial charge is 0.352 e. The van der Waals surface area contributed by atoms with Gasteiger partial charge in [0, 0.05) is 29.0 Å². The zero-order chi connectivity index (χ0) is 14.9. The maximum Gasteiger partial charge on any atom is 0.0998 e. The van der Waals surface area contributed by atoms with Crippen molar-refractivity contribution in [2.24, 2.45) is 7.05 Å². The predicted molar refractivity (Wildman–Crippen MR) is 84.8 cm³/mol. The van der Waals surface area contributed by atoms with Crippen molar-refractivity contribution in [3.8, 4) is 6.07 Å². The molecule has 0 aliphatic carbocycles. The van der Waals surface area contributed by atoms with Crippen molar-refractivity contribution in [3.05, 3.63) is 56.8 Å². The Labute approximate surface area is 128 Å². The summed E-state index contributed by atoms with van der Waals surface area (Å²) in [5.41, 5.74) is 4.50. The van der Waals surface area contributed by atoms with Gasteiger partial charge in [-0.3, -0.25) is 0 Å². The van der Waals surface area contributed by atoms with E-state index < -0.39 is 0 Å². The number of hydrogen-bond acceptors (Lipinski definition) is 1. The fourth-order valence-corrected chi connectivity index (χ4v) is 2.57. The van der Waals surface area contributed by atoms with Crippen LogP contribution in [0, 0.1) is 25.2 Å². The Hall–Kier alpha value is -1.69. The summed E-state index contributed by atoms with van der Waals surface area (Å²) in [4.78, 5) is 0. The van der Waals surface area contributed by atoms with Gasteiger partial charge in [-0.25, -0.2) is 0 Å². The average molecular weight is 305 g/mol. The van der Waals surface area contributed by atoms with Crippen molar-refractivity contribution < 1.29 is 0 Å². The number of halogens is 2. The van der Waals surface area contributed by atoms with Crippen molar-refractivity contribution in [1.29, 1.82) is 5.26 Å². The molecule has 20 heavy (non-hydrogen) atoms. The van der Waals surface area contributed by atoms with Crippen LogP contribution >= 0.6 is 23.2 Å². The predicted octanol–water partition coefficient (Wildman–Crippen LogP) is 5.01. The maximum atomic E-state index is 9.38. The fourth-order valence-electron chi connectivity index (χ4n) is 2.06. The lowest BCUT2D eigenvalue weighted by Gasteiger charge is -2.04. The number of allylic oxidation sites excluding steroid dienone is 1. The second-order valence-corrected chi connectivity index (χ2v) is 5.52. The molecular weight excluding hydrogens is 291 g/mol. The van der Waals surface area contributed by atoms with Crippen molar-refractivity contribution in [1.82, 2.24) is 4.57 Å². The van der Waals surface area contributed by atoms with Crippen LogP contribution in [0.25, 0.3) is 11.6 Å². The van der Waals surface area contributed by atoms with Crippen LogP contribution in [0.15, 0.2) is 24.3 Å². The van der Waals surface area contributed by atoms with E-state index in [1.165, 1.54) is 0 Å². The maximum absolute atomic E-state index is 9.38. The fraction of sp³-hybridized carbons (Fsp3) is 0.188. The Morgan fingerprint density at radius 2 is 1.95 bits per heavy atom. The summed E-state index contributed by atoms with van der Waals surface area (Å²) >= 11 is 12.0. The van der Waals surface area contributed by atoms with E-state index in [1.54, 1.807) is 18.2 Å². The molecule has 4 heteroatoms. The number of nitrogens with zero attached hydrogens (tertiary/aromatic N) is 2. The van der Waals surface area contributed by atoms with Gasteiger partial charge in [-0.1, -0.05) is 29.3 Å². The molecule has 0 saturated carbocycles. The quantitative estimate of drug-likeness (QED) is 0.717. The molecule has 2 rings (SSSR count). The zero-order valence-electron chi connectivity index (χ0n) is 11.5.